The second kappa shape index (κ2) is 5.85. The van der Waals surface area contributed by atoms with Crippen molar-refractivity contribution in [2.45, 2.75) is 13.0 Å². The third-order valence-corrected chi connectivity index (χ3v) is 3.60. The molecule has 0 saturated heterocycles. The minimum absolute atomic E-state index is 0.360. The first-order valence-corrected chi connectivity index (χ1v) is 7.04. The Morgan fingerprint density at radius 1 is 1.09 bits per heavy atom. The second-order valence-corrected chi connectivity index (χ2v) is 5.11. The second-order valence-electron chi connectivity index (χ2n) is 5.11. The molecule has 0 aliphatic heterocycles. The van der Waals surface area contributed by atoms with Crippen LogP contribution in [0.1, 0.15) is 28.9 Å². The lowest BCUT2D eigenvalue weighted by atomic mass is 10.1. The molecule has 0 amide bonds. The van der Waals surface area contributed by atoms with E-state index in [1.807, 2.05) is 43.3 Å². The fourth-order valence-corrected chi connectivity index (χ4v) is 2.36. The van der Waals surface area contributed by atoms with Gasteiger partial charge < -0.3 is 10.5 Å². The Morgan fingerprint density at radius 2 is 1.73 bits per heavy atom. The molecule has 1 atom stereocenters. The molecule has 2 aromatic carbocycles. The zero-order valence-electron chi connectivity index (χ0n) is 12.2. The highest BCUT2D eigenvalue weighted by Crippen LogP contribution is 2.25. The first kappa shape index (κ1) is 14.1. The number of carbonyl (C=O) groups is 1. The molecule has 3 rings (SSSR count). The first-order chi connectivity index (χ1) is 10.6. The molecule has 0 unspecified atom stereocenters. The maximum absolute atomic E-state index is 12.4. The SMILES string of the molecule is C[C@H](OC(=O)c1cc2ccccc2cc1N)c1ccncc1. The van der Waals surface area contributed by atoms with E-state index in [9.17, 15) is 4.79 Å². The van der Waals surface area contributed by atoms with Crippen molar-refractivity contribution in [3.8, 4) is 0 Å². The molecule has 110 valence electrons. The van der Waals surface area contributed by atoms with Gasteiger partial charge in [-0.25, -0.2) is 4.79 Å². The van der Waals surface area contributed by atoms with Gasteiger partial charge >= 0.3 is 5.97 Å². The fourth-order valence-electron chi connectivity index (χ4n) is 2.36. The number of hydrogen-bond donors (Lipinski definition) is 1. The summed E-state index contributed by atoms with van der Waals surface area (Å²) in [5, 5.41) is 1.96. The molecule has 0 radical (unpaired) electrons. The summed E-state index contributed by atoms with van der Waals surface area (Å²) in [7, 11) is 0. The van der Waals surface area contributed by atoms with Crippen molar-refractivity contribution in [2.24, 2.45) is 0 Å². The number of nitrogen functional groups attached to an aromatic ring is 1. The van der Waals surface area contributed by atoms with Crippen LogP contribution in [0.4, 0.5) is 5.69 Å². The highest BCUT2D eigenvalue weighted by Gasteiger charge is 2.16. The van der Waals surface area contributed by atoms with Crippen LogP contribution in [0, 0.1) is 0 Å². The Morgan fingerprint density at radius 3 is 2.41 bits per heavy atom. The molecule has 22 heavy (non-hydrogen) atoms. The van der Waals surface area contributed by atoms with Crippen molar-refractivity contribution in [3.05, 3.63) is 72.1 Å². The van der Waals surface area contributed by atoms with Gasteiger partial charge in [0.25, 0.3) is 0 Å². The van der Waals surface area contributed by atoms with Gasteiger partial charge in [0.15, 0.2) is 0 Å². The molecule has 0 saturated carbocycles. The summed E-state index contributed by atoms with van der Waals surface area (Å²) in [5.74, 6) is -0.424. The summed E-state index contributed by atoms with van der Waals surface area (Å²) < 4.78 is 5.51. The lowest BCUT2D eigenvalue weighted by Crippen LogP contribution is -2.11. The zero-order valence-corrected chi connectivity index (χ0v) is 12.2. The monoisotopic (exact) mass is 292 g/mol. The number of pyridine rings is 1. The van der Waals surface area contributed by atoms with Gasteiger partial charge in [0.2, 0.25) is 0 Å². The number of nitrogens with two attached hydrogens (primary N) is 1. The molecule has 0 fully saturated rings. The third-order valence-electron chi connectivity index (χ3n) is 3.60. The Hall–Kier alpha value is -2.88. The van der Waals surface area contributed by atoms with Crippen LogP contribution in [0.25, 0.3) is 10.8 Å². The van der Waals surface area contributed by atoms with Gasteiger partial charge in [-0.2, -0.15) is 0 Å². The van der Waals surface area contributed by atoms with Gasteiger partial charge in [0.1, 0.15) is 6.10 Å². The fraction of sp³-hybridized carbons (Fsp3) is 0.111. The Kier molecular flexibility index (Phi) is 3.74. The molecule has 3 aromatic rings. The summed E-state index contributed by atoms with van der Waals surface area (Å²) >= 11 is 0. The minimum Gasteiger partial charge on any atom is -0.454 e. The van der Waals surface area contributed by atoms with Crippen LogP contribution < -0.4 is 5.73 Å². The van der Waals surface area contributed by atoms with Crippen LogP contribution in [-0.4, -0.2) is 11.0 Å². The average Bonchev–Trinajstić information content (AvgIpc) is 2.54. The molecule has 0 aliphatic carbocycles. The van der Waals surface area contributed by atoms with Crippen LogP contribution >= 0.6 is 0 Å². The minimum atomic E-state index is -0.424. The quantitative estimate of drug-likeness (QED) is 0.590. The van der Waals surface area contributed by atoms with Gasteiger partial charge in [0, 0.05) is 18.1 Å². The lowest BCUT2D eigenvalue weighted by Gasteiger charge is -2.14. The topological polar surface area (TPSA) is 65.2 Å². The van der Waals surface area contributed by atoms with Gasteiger partial charge in [-0.3, -0.25) is 4.98 Å². The van der Waals surface area contributed by atoms with E-state index < -0.39 is 5.97 Å². The normalized spacial score (nSPS) is 12.0. The van der Waals surface area contributed by atoms with E-state index in [1.54, 1.807) is 24.5 Å². The number of esters is 1. The van der Waals surface area contributed by atoms with Crippen molar-refractivity contribution in [1.29, 1.82) is 0 Å². The molecule has 0 bridgehead atoms. The molecule has 1 heterocycles. The molecule has 1 aromatic heterocycles. The van der Waals surface area contributed by atoms with E-state index in [1.165, 1.54) is 0 Å². The number of ether oxygens (including phenoxy) is 1. The van der Waals surface area contributed by atoms with Crippen molar-refractivity contribution < 1.29 is 9.53 Å². The number of rotatable bonds is 3. The Bertz CT molecular complexity index is 816. The third kappa shape index (κ3) is 2.76. The molecule has 4 heteroatoms. The molecule has 4 nitrogen and oxygen atoms in total. The zero-order chi connectivity index (χ0) is 15.5. The maximum atomic E-state index is 12.4. The summed E-state index contributed by atoms with van der Waals surface area (Å²) in [4.78, 5) is 16.3. The first-order valence-electron chi connectivity index (χ1n) is 7.04. The molecular formula is C18H16N2O2. The number of benzene rings is 2. The van der Waals surface area contributed by atoms with E-state index in [2.05, 4.69) is 4.98 Å². The Balaban J connectivity index is 1.87. The average molecular weight is 292 g/mol. The van der Waals surface area contributed by atoms with Crippen LogP contribution in [-0.2, 0) is 4.74 Å². The number of hydrogen-bond acceptors (Lipinski definition) is 4. The van der Waals surface area contributed by atoms with Gasteiger partial charge in [0.05, 0.1) is 5.56 Å². The molecule has 2 N–H and O–H groups in total. The largest absolute Gasteiger partial charge is 0.454 e. The summed E-state index contributed by atoms with van der Waals surface area (Å²) in [5.41, 5.74) is 7.69. The number of anilines is 1. The molecule has 0 aliphatic rings. The standard InChI is InChI=1S/C18H16N2O2/c1-12(13-6-8-20-9-7-13)22-18(21)16-10-14-4-2-3-5-15(14)11-17(16)19/h2-12H,19H2,1H3/t12-/m0/s1. The van der Waals surface area contributed by atoms with Gasteiger partial charge in [-0.05, 0) is 47.5 Å². The number of nitrogens with zero attached hydrogens (tertiary/aromatic N) is 1. The van der Waals surface area contributed by atoms with Gasteiger partial charge in [-0.1, -0.05) is 24.3 Å². The maximum Gasteiger partial charge on any atom is 0.340 e. The summed E-state index contributed by atoms with van der Waals surface area (Å²) in [6.45, 7) is 1.82. The summed E-state index contributed by atoms with van der Waals surface area (Å²) in [6, 6.07) is 15.0. The lowest BCUT2D eigenvalue weighted by molar-refractivity contribution is 0.0339. The number of fused-ring (bicyclic) bond motifs is 1. The smallest absolute Gasteiger partial charge is 0.340 e. The number of carbonyl (C=O) groups excluding carboxylic acids is 1. The summed E-state index contributed by atoms with van der Waals surface area (Å²) in [6.07, 6.45) is 2.98. The van der Waals surface area contributed by atoms with Crippen molar-refractivity contribution in [2.75, 3.05) is 5.73 Å². The number of aromatic nitrogens is 1. The van der Waals surface area contributed by atoms with Crippen molar-refractivity contribution in [3.63, 3.8) is 0 Å². The molecule has 0 spiro atoms. The van der Waals surface area contributed by atoms with E-state index in [0.29, 0.717) is 11.3 Å². The van der Waals surface area contributed by atoms with Crippen LogP contribution in [0.5, 0.6) is 0 Å². The van der Waals surface area contributed by atoms with Gasteiger partial charge in [-0.15, -0.1) is 0 Å². The van der Waals surface area contributed by atoms with E-state index in [4.69, 9.17) is 10.5 Å². The predicted octanol–water partition coefficient (Wildman–Crippen LogP) is 3.74. The van der Waals surface area contributed by atoms with E-state index in [-0.39, 0.29) is 6.10 Å². The van der Waals surface area contributed by atoms with Crippen LogP contribution in [0.3, 0.4) is 0 Å². The highest BCUT2D eigenvalue weighted by atomic mass is 16.5. The van der Waals surface area contributed by atoms with Crippen molar-refractivity contribution >= 4 is 22.4 Å². The Labute approximate surface area is 128 Å². The predicted molar refractivity (Wildman–Crippen MR) is 86.4 cm³/mol. The van der Waals surface area contributed by atoms with Crippen LogP contribution in [0.15, 0.2) is 60.9 Å². The van der Waals surface area contributed by atoms with Crippen molar-refractivity contribution in [1.82, 2.24) is 4.98 Å². The van der Waals surface area contributed by atoms with E-state index >= 15 is 0 Å². The highest BCUT2D eigenvalue weighted by molar-refractivity contribution is 6.01. The van der Waals surface area contributed by atoms with E-state index in [0.717, 1.165) is 16.3 Å². The van der Waals surface area contributed by atoms with Crippen LogP contribution in [0.2, 0.25) is 0 Å². The molecular weight excluding hydrogens is 276 g/mol.